The fourth-order valence-electron chi connectivity index (χ4n) is 2.14. The summed E-state index contributed by atoms with van der Waals surface area (Å²) in [6.45, 7) is 1.54. The van der Waals surface area contributed by atoms with Gasteiger partial charge < -0.3 is 5.32 Å². The number of benzene rings is 1. The van der Waals surface area contributed by atoms with E-state index in [1.165, 1.54) is 41.9 Å². The molecule has 8 heteroatoms. The van der Waals surface area contributed by atoms with E-state index in [4.69, 9.17) is 0 Å². The first-order valence-corrected chi connectivity index (χ1v) is 7.21. The van der Waals surface area contributed by atoms with Gasteiger partial charge in [-0.05, 0) is 37.3 Å². The van der Waals surface area contributed by atoms with E-state index in [0.717, 1.165) is 4.68 Å². The second kappa shape index (κ2) is 6.45. The van der Waals surface area contributed by atoms with E-state index in [1.807, 2.05) is 0 Å². The Morgan fingerprint density at radius 2 is 2.08 bits per heavy atom. The minimum Gasteiger partial charge on any atom is -0.324 e. The van der Waals surface area contributed by atoms with E-state index in [0.29, 0.717) is 11.5 Å². The van der Waals surface area contributed by atoms with Crippen LogP contribution < -0.4 is 10.9 Å². The number of carbonyl (C=O) groups excluding carboxylic acids is 1. The molecule has 0 aliphatic heterocycles. The monoisotopic (exact) mass is 327 g/mol. The lowest BCUT2D eigenvalue weighted by molar-refractivity contribution is -0.119. The van der Waals surface area contributed by atoms with Gasteiger partial charge in [-0.3, -0.25) is 9.59 Å². The summed E-state index contributed by atoms with van der Waals surface area (Å²) in [5, 5.41) is 10.8. The molecule has 122 valence electrons. The fourth-order valence-corrected chi connectivity index (χ4v) is 2.14. The molecule has 3 rings (SSSR count). The van der Waals surface area contributed by atoms with Gasteiger partial charge in [0.15, 0.2) is 5.82 Å². The maximum absolute atomic E-state index is 13.2. The van der Waals surface area contributed by atoms with Gasteiger partial charge >= 0.3 is 0 Å². The van der Waals surface area contributed by atoms with Crippen LogP contribution >= 0.6 is 0 Å². The van der Waals surface area contributed by atoms with Gasteiger partial charge in [0.25, 0.3) is 5.56 Å². The molecule has 0 saturated carbocycles. The van der Waals surface area contributed by atoms with Crippen molar-refractivity contribution in [2.45, 2.75) is 13.0 Å². The number of anilines is 1. The molecule has 1 atom stereocenters. The smallest absolute Gasteiger partial charge is 0.267 e. The summed E-state index contributed by atoms with van der Waals surface area (Å²) in [7, 11) is 0. The molecule has 1 unspecified atom stereocenters. The maximum Gasteiger partial charge on any atom is 0.267 e. The summed E-state index contributed by atoms with van der Waals surface area (Å²) in [6.07, 6.45) is 3.26. The molecule has 3 aromatic rings. The van der Waals surface area contributed by atoms with Crippen LogP contribution in [0.3, 0.4) is 0 Å². The van der Waals surface area contributed by atoms with Crippen LogP contribution in [0.25, 0.3) is 5.82 Å². The van der Waals surface area contributed by atoms with Gasteiger partial charge in [-0.2, -0.15) is 5.10 Å². The molecule has 0 spiro atoms. The van der Waals surface area contributed by atoms with Crippen molar-refractivity contribution in [2.75, 3.05) is 5.32 Å². The van der Waals surface area contributed by atoms with Gasteiger partial charge in [0.2, 0.25) is 5.91 Å². The largest absolute Gasteiger partial charge is 0.324 e. The maximum atomic E-state index is 13.2. The Kier molecular flexibility index (Phi) is 4.19. The number of hydrogen-bond acceptors (Lipinski definition) is 4. The molecule has 0 aliphatic carbocycles. The van der Waals surface area contributed by atoms with Crippen LogP contribution in [0, 0.1) is 5.82 Å². The first-order chi connectivity index (χ1) is 11.5. The normalized spacial score (nSPS) is 11.9. The van der Waals surface area contributed by atoms with E-state index in [9.17, 15) is 14.0 Å². The standard InChI is InChI=1S/C16H14FN5O2/c1-11(16(24)19-13-5-2-4-12(17)10-13)22-15(23)7-6-14(20-22)21-9-3-8-18-21/h2-11H,1H3,(H,19,24). The Morgan fingerprint density at radius 3 is 2.79 bits per heavy atom. The summed E-state index contributed by atoms with van der Waals surface area (Å²) in [5.41, 5.74) is -0.115. The Morgan fingerprint density at radius 1 is 1.25 bits per heavy atom. The quantitative estimate of drug-likeness (QED) is 0.792. The third-order valence-electron chi connectivity index (χ3n) is 3.39. The Labute approximate surface area is 136 Å². The predicted octanol–water partition coefficient (Wildman–Crippen LogP) is 1.77. The highest BCUT2D eigenvalue weighted by molar-refractivity contribution is 5.93. The lowest BCUT2D eigenvalue weighted by Gasteiger charge is -2.15. The van der Waals surface area contributed by atoms with Crippen LogP contribution in [-0.4, -0.2) is 25.5 Å². The van der Waals surface area contributed by atoms with Crippen LogP contribution in [0.5, 0.6) is 0 Å². The highest BCUT2D eigenvalue weighted by atomic mass is 19.1. The molecule has 7 nitrogen and oxygen atoms in total. The fraction of sp³-hybridized carbons (Fsp3) is 0.125. The zero-order valence-corrected chi connectivity index (χ0v) is 12.8. The molecular weight excluding hydrogens is 313 g/mol. The second-order valence-corrected chi connectivity index (χ2v) is 5.10. The molecule has 0 bridgehead atoms. The number of nitrogens with one attached hydrogen (secondary N) is 1. The van der Waals surface area contributed by atoms with Crippen LogP contribution in [0.2, 0.25) is 0 Å². The number of hydrogen-bond donors (Lipinski definition) is 1. The SMILES string of the molecule is CC(C(=O)Nc1cccc(F)c1)n1nc(-n2cccn2)ccc1=O. The number of aromatic nitrogens is 4. The molecule has 0 radical (unpaired) electrons. The van der Waals surface area contributed by atoms with E-state index in [1.54, 1.807) is 24.5 Å². The average molecular weight is 327 g/mol. The average Bonchev–Trinajstić information content (AvgIpc) is 3.09. The van der Waals surface area contributed by atoms with Crippen LogP contribution in [-0.2, 0) is 4.79 Å². The van der Waals surface area contributed by atoms with Crippen molar-refractivity contribution in [2.24, 2.45) is 0 Å². The van der Waals surface area contributed by atoms with E-state index >= 15 is 0 Å². The van der Waals surface area contributed by atoms with Crippen LogP contribution in [0.4, 0.5) is 10.1 Å². The van der Waals surface area contributed by atoms with Gasteiger partial charge in [0, 0.05) is 24.1 Å². The highest BCUT2D eigenvalue weighted by Crippen LogP contribution is 2.12. The minimum absolute atomic E-state index is 0.308. The minimum atomic E-state index is -0.878. The molecule has 1 N–H and O–H groups in total. The van der Waals surface area contributed by atoms with Crippen molar-refractivity contribution in [1.29, 1.82) is 0 Å². The first kappa shape index (κ1) is 15.6. The van der Waals surface area contributed by atoms with Crippen molar-refractivity contribution >= 4 is 11.6 Å². The lowest BCUT2D eigenvalue weighted by atomic mass is 10.2. The van der Waals surface area contributed by atoms with Crippen molar-refractivity contribution in [3.8, 4) is 5.82 Å². The zero-order valence-electron chi connectivity index (χ0n) is 12.8. The third-order valence-corrected chi connectivity index (χ3v) is 3.39. The van der Waals surface area contributed by atoms with Gasteiger partial charge in [-0.1, -0.05) is 6.07 Å². The predicted molar refractivity (Wildman–Crippen MR) is 85.4 cm³/mol. The molecule has 0 aliphatic rings. The number of nitrogens with zero attached hydrogens (tertiary/aromatic N) is 4. The summed E-state index contributed by atoms with van der Waals surface area (Å²) in [5.74, 6) is -0.533. The summed E-state index contributed by atoms with van der Waals surface area (Å²) in [6, 6.07) is 9.19. The van der Waals surface area contributed by atoms with Crippen molar-refractivity contribution in [3.63, 3.8) is 0 Å². The third kappa shape index (κ3) is 3.22. The Bertz CT molecular complexity index is 920. The Hall–Kier alpha value is -3.29. The van der Waals surface area contributed by atoms with E-state index in [2.05, 4.69) is 15.5 Å². The highest BCUT2D eigenvalue weighted by Gasteiger charge is 2.18. The van der Waals surface area contributed by atoms with Crippen molar-refractivity contribution < 1.29 is 9.18 Å². The molecule has 2 heterocycles. The van der Waals surface area contributed by atoms with Gasteiger partial charge in [-0.25, -0.2) is 13.8 Å². The molecule has 1 amide bonds. The molecule has 1 aromatic carbocycles. The van der Waals surface area contributed by atoms with E-state index < -0.39 is 23.3 Å². The van der Waals surface area contributed by atoms with Crippen LogP contribution in [0.15, 0.2) is 59.7 Å². The number of amides is 1. The summed E-state index contributed by atoms with van der Waals surface area (Å²) < 4.78 is 15.7. The first-order valence-electron chi connectivity index (χ1n) is 7.21. The molecule has 2 aromatic heterocycles. The number of carbonyl (C=O) groups is 1. The summed E-state index contributed by atoms with van der Waals surface area (Å²) >= 11 is 0. The van der Waals surface area contributed by atoms with Gasteiger partial charge in [-0.15, -0.1) is 5.10 Å². The molecule has 0 fully saturated rings. The number of rotatable bonds is 4. The Balaban J connectivity index is 1.86. The van der Waals surface area contributed by atoms with Gasteiger partial charge in [0.1, 0.15) is 11.9 Å². The topological polar surface area (TPSA) is 81.8 Å². The van der Waals surface area contributed by atoms with E-state index in [-0.39, 0.29) is 0 Å². The second-order valence-electron chi connectivity index (χ2n) is 5.10. The number of halogens is 1. The molecule has 24 heavy (non-hydrogen) atoms. The molecular formula is C16H14FN5O2. The molecule has 0 saturated heterocycles. The zero-order chi connectivity index (χ0) is 17.1. The van der Waals surface area contributed by atoms with Gasteiger partial charge in [0.05, 0.1) is 0 Å². The van der Waals surface area contributed by atoms with Crippen molar-refractivity contribution in [1.82, 2.24) is 19.6 Å². The van der Waals surface area contributed by atoms with Crippen LogP contribution in [0.1, 0.15) is 13.0 Å². The summed E-state index contributed by atoms with van der Waals surface area (Å²) in [4.78, 5) is 24.3. The van der Waals surface area contributed by atoms with Crippen molar-refractivity contribution in [3.05, 3.63) is 71.0 Å². The lowest BCUT2D eigenvalue weighted by Crippen LogP contribution is -2.33.